The van der Waals surface area contributed by atoms with Crippen LogP contribution < -0.4 is 15.5 Å². The topological polar surface area (TPSA) is 60.5 Å². The highest BCUT2D eigenvalue weighted by Crippen LogP contribution is 2.26. The van der Waals surface area contributed by atoms with E-state index in [4.69, 9.17) is 0 Å². The summed E-state index contributed by atoms with van der Waals surface area (Å²) >= 11 is 0. The van der Waals surface area contributed by atoms with Gasteiger partial charge >= 0.3 is 6.03 Å². The molecule has 3 heterocycles. The maximum absolute atomic E-state index is 12.3. The van der Waals surface area contributed by atoms with Gasteiger partial charge in [0.1, 0.15) is 5.82 Å². The Labute approximate surface area is 162 Å². The number of pyridine rings is 1. The first-order valence-electron chi connectivity index (χ1n) is 10.8. The van der Waals surface area contributed by atoms with Crippen LogP contribution >= 0.6 is 0 Å². The van der Waals surface area contributed by atoms with Gasteiger partial charge in [-0.3, -0.25) is 0 Å². The van der Waals surface area contributed by atoms with Crippen molar-refractivity contribution < 1.29 is 4.79 Å². The highest BCUT2D eigenvalue weighted by molar-refractivity contribution is 5.89. The Kier molecular flexibility index (Phi) is 6.12. The summed E-state index contributed by atoms with van der Waals surface area (Å²) in [5.74, 6) is 1.92. The van der Waals surface area contributed by atoms with E-state index in [0.29, 0.717) is 0 Å². The number of hydrogen-bond acceptors (Lipinski definition) is 4. The van der Waals surface area contributed by atoms with Crippen molar-refractivity contribution in [3.05, 3.63) is 18.3 Å². The summed E-state index contributed by atoms with van der Waals surface area (Å²) in [6.07, 6.45) is 12.0. The Morgan fingerprint density at radius 2 is 1.74 bits per heavy atom. The van der Waals surface area contributed by atoms with Crippen LogP contribution in [0.5, 0.6) is 0 Å². The summed E-state index contributed by atoms with van der Waals surface area (Å²) in [4.78, 5) is 21.7. The lowest BCUT2D eigenvalue weighted by Gasteiger charge is -2.33. The molecule has 6 heteroatoms. The molecule has 0 radical (unpaired) electrons. The molecule has 1 saturated carbocycles. The van der Waals surface area contributed by atoms with Gasteiger partial charge in [-0.15, -0.1) is 0 Å². The van der Waals surface area contributed by atoms with Gasteiger partial charge in [0, 0.05) is 38.8 Å². The Morgan fingerprint density at radius 1 is 1.00 bits per heavy atom. The highest BCUT2D eigenvalue weighted by Gasteiger charge is 2.24. The molecule has 6 nitrogen and oxygen atoms in total. The van der Waals surface area contributed by atoms with Gasteiger partial charge in [0.25, 0.3) is 0 Å². The molecule has 2 aliphatic heterocycles. The van der Waals surface area contributed by atoms with Crippen molar-refractivity contribution in [2.75, 3.05) is 42.9 Å². The van der Waals surface area contributed by atoms with Gasteiger partial charge in [-0.2, -0.15) is 0 Å². The summed E-state index contributed by atoms with van der Waals surface area (Å²) < 4.78 is 0. The first kappa shape index (κ1) is 18.5. The molecule has 2 amide bonds. The molecular weight excluding hydrogens is 338 g/mol. The van der Waals surface area contributed by atoms with E-state index >= 15 is 0 Å². The maximum atomic E-state index is 12.3. The van der Waals surface area contributed by atoms with E-state index in [0.717, 1.165) is 56.4 Å². The van der Waals surface area contributed by atoms with Crippen LogP contribution in [0.15, 0.2) is 18.3 Å². The molecule has 2 saturated heterocycles. The van der Waals surface area contributed by atoms with Crippen molar-refractivity contribution in [1.82, 2.24) is 15.2 Å². The third kappa shape index (κ3) is 5.12. The van der Waals surface area contributed by atoms with Crippen LogP contribution in [0.25, 0.3) is 0 Å². The normalized spacial score (nSPS) is 22.3. The van der Waals surface area contributed by atoms with Gasteiger partial charge in [0.2, 0.25) is 0 Å². The largest absolute Gasteiger partial charge is 0.357 e. The Morgan fingerprint density at radius 3 is 2.41 bits per heavy atom. The van der Waals surface area contributed by atoms with Crippen LogP contribution in [-0.2, 0) is 0 Å². The fraction of sp³-hybridized carbons (Fsp3) is 0.714. The predicted octanol–water partition coefficient (Wildman–Crippen LogP) is 3.46. The molecule has 4 rings (SSSR count). The number of amides is 2. The lowest BCUT2D eigenvalue weighted by Crippen LogP contribution is -2.46. The second kappa shape index (κ2) is 8.91. The van der Waals surface area contributed by atoms with Gasteiger partial charge in [0.05, 0.1) is 11.9 Å². The SMILES string of the molecule is O=C(Nc1ccc(N2CCCC2)nc1)NC1CCN(CC2CCCC2)CC1. The lowest BCUT2D eigenvalue weighted by molar-refractivity contribution is 0.173. The van der Waals surface area contributed by atoms with Crippen LogP contribution in [0.4, 0.5) is 16.3 Å². The summed E-state index contributed by atoms with van der Waals surface area (Å²) in [5, 5.41) is 6.07. The van der Waals surface area contributed by atoms with Crippen molar-refractivity contribution in [3.8, 4) is 0 Å². The third-order valence-corrected chi connectivity index (χ3v) is 6.35. The first-order valence-corrected chi connectivity index (χ1v) is 10.8. The zero-order valence-electron chi connectivity index (χ0n) is 16.3. The number of nitrogens with one attached hydrogen (secondary N) is 2. The molecule has 2 N–H and O–H groups in total. The fourth-order valence-corrected chi connectivity index (χ4v) is 4.76. The summed E-state index contributed by atoms with van der Waals surface area (Å²) in [5.41, 5.74) is 0.758. The fourth-order valence-electron chi connectivity index (χ4n) is 4.76. The maximum Gasteiger partial charge on any atom is 0.319 e. The Bertz CT molecular complexity index is 600. The van der Waals surface area contributed by atoms with Gasteiger partial charge in [0.15, 0.2) is 0 Å². The van der Waals surface area contributed by atoms with Gasteiger partial charge < -0.3 is 20.4 Å². The molecule has 27 heavy (non-hydrogen) atoms. The van der Waals surface area contributed by atoms with Crippen molar-refractivity contribution in [2.45, 2.75) is 57.4 Å². The quantitative estimate of drug-likeness (QED) is 0.832. The number of aromatic nitrogens is 1. The molecule has 0 spiro atoms. The molecule has 1 aromatic rings. The highest BCUT2D eigenvalue weighted by atomic mass is 16.2. The average Bonchev–Trinajstić information content (AvgIpc) is 3.38. The molecule has 0 bridgehead atoms. The van der Waals surface area contributed by atoms with Crippen LogP contribution in [0.2, 0.25) is 0 Å². The number of likely N-dealkylation sites (tertiary alicyclic amines) is 1. The Hall–Kier alpha value is -1.82. The molecule has 1 aliphatic carbocycles. The van der Waals surface area contributed by atoms with Crippen molar-refractivity contribution in [3.63, 3.8) is 0 Å². The van der Waals surface area contributed by atoms with E-state index in [9.17, 15) is 4.79 Å². The van der Waals surface area contributed by atoms with Gasteiger partial charge in [-0.05, 0) is 56.6 Å². The van der Waals surface area contributed by atoms with Crippen LogP contribution in [0.1, 0.15) is 51.4 Å². The molecule has 148 valence electrons. The van der Waals surface area contributed by atoms with E-state index in [1.54, 1.807) is 6.20 Å². The zero-order chi connectivity index (χ0) is 18.5. The predicted molar refractivity (Wildman–Crippen MR) is 109 cm³/mol. The second-order valence-corrected chi connectivity index (χ2v) is 8.42. The van der Waals surface area contributed by atoms with Crippen LogP contribution in [-0.4, -0.2) is 54.7 Å². The lowest BCUT2D eigenvalue weighted by atomic mass is 10.0. The van der Waals surface area contributed by atoms with E-state index in [2.05, 4.69) is 25.4 Å². The van der Waals surface area contributed by atoms with Gasteiger partial charge in [-0.25, -0.2) is 9.78 Å². The van der Waals surface area contributed by atoms with Crippen molar-refractivity contribution in [1.29, 1.82) is 0 Å². The van der Waals surface area contributed by atoms with E-state index in [-0.39, 0.29) is 12.1 Å². The minimum Gasteiger partial charge on any atom is -0.357 e. The first-order chi connectivity index (χ1) is 13.3. The third-order valence-electron chi connectivity index (χ3n) is 6.35. The minimum atomic E-state index is -0.111. The summed E-state index contributed by atoms with van der Waals surface area (Å²) in [6.45, 7) is 5.63. The number of urea groups is 1. The molecule has 0 aromatic carbocycles. The number of hydrogen-bond donors (Lipinski definition) is 2. The average molecular weight is 372 g/mol. The number of piperidine rings is 1. The monoisotopic (exact) mass is 371 g/mol. The van der Waals surface area contributed by atoms with Crippen LogP contribution in [0.3, 0.4) is 0 Å². The summed E-state index contributed by atoms with van der Waals surface area (Å²) in [7, 11) is 0. The number of carbonyl (C=O) groups excluding carboxylic acids is 1. The van der Waals surface area contributed by atoms with E-state index < -0.39 is 0 Å². The molecule has 0 atom stereocenters. The molecule has 1 aromatic heterocycles. The number of nitrogens with zero attached hydrogens (tertiary/aromatic N) is 3. The van der Waals surface area contributed by atoms with E-state index in [1.807, 2.05) is 12.1 Å². The Balaban J connectivity index is 1.18. The number of anilines is 2. The second-order valence-electron chi connectivity index (χ2n) is 8.42. The van der Waals surface area contributed by atoms with Crippen molar-refractivity contribution in [2.24, 2.45) is 5.92 Å². The molecular formula is C21H33N5O. The number of rotatable bonds is 5. The standard InChI is InChI=1S/C21H33N5O/c27-21(24-19-7-8-20(22-15-19)26-11-3-4-12-26)23-18-9-13-25(14-10-18)16-17-5-1-2-6-17/h7-8,15,17-18H,1-6,9-14,16H2,(H2,23,24,27). The summed E-state index contributed by atoms with van der Waals surface area (Å²) in [6, 6.07) is 4.12. The molecule has 0 unspecified atom stereocenters. The van der Waals surface area contributed by atoms with Crippen LogP contribution in [0, 0.1) is 5.92 Å². The molecule has 3 fully saturated rings. The smallest absolute Gasteiger partial charge is 0.319 e. The van der Waals surface area contributed by atoms with Gasteiger partial charge in [-0.1, -0.05) is 12.8 Å². The zero-order valence-corrected chi connectivity index (χ0v) is 16.3. The van der Waals surface area contributed by atoms with Crippen molar-refractivity contribution >= 4 is 17.5 Å². The number of carbonyl (C=O) groups is 1. The minimum absolute atomic E-state index is 0.111. The van der Waals surface area contributed by atoms with E-state index in [1.165, 1.54) is 45.1 Å². The molecule has 3 aliphatic rings.